The number of carbonyl (C=O) groups excluding carboxylic acids is 1. The van der Waals surface area contributed by atoms with Gasteiger partial charge in [0.2, 0.25) is 21.9 Å². The average molecular weight is 502 g/mol. The second kappa shape index (κ2) is 9.22. The van der Waals surface area contributed by atoms with Crippen LogP contribution >= 0.6 is 11.3 Å². The molecule has 1 saturated carbocycles. The number of hydrogen-bond donors (Lipinski definition) is 1. The molecule has 3 aromatic rings. The number of ether oxygens (including phenoxy) is 1. The van der Waals surface area contributed by atoms with Crippen LogP contribution in [0, 0.1) is 0 Å². The van der Waals surface area contributed by atoms with Crippen LogP contribution in [0.3, 0.4) is 0 Å². The molecule has 2 fully saturated rings. The first-order chi connectivity index (χ1) is 16.4. The molecule has 3 aromatic heterocycles. The maximum absolute atomic E-state index is 13.3. The molecule has 0 spiro atoms. The Morgan fingerprint density at radius 2 is 2.06 bits per heavy atom. The number of rotatable bonds is 8. The molecule has 0 bridgehead atoms. The summed E-state index contributed by atoms with van der Waals surface area (Å²) in [5, 5.41) is 0.204. The normalized spacial score (nSPS) is 18.1. The molecule has 1 aliphatic carbocycles. The summed E-state index contributed by atoms with van der Waals surface area (Å²) in [5.74, 6) is 0.287. The number of aromatic nitrogens is 5. The summed E-state index contributed by atoms with van der Waals surface area (Å²) in [4.78, 5) is 36.9. The fourth-order valence-electron chi connectivity index (χ4n) is 3.82. The van der Waals surface area contributed by atoms with Gasteiger partial charge in [-0.2, -0.15) is 0 Å². The van der Waals surface area contributed by atoms with Crippen molar-refractivity contribution in [1.29, 1.82) is 0 Å². The van der Waals surface area contributed by atoms with Gasteiger partial charge in [-0.3, -0.25) is 14.5 Å². The molecular weight excluding hydrogens is 478 g/mol. The Morgan fingerprint density at radius 1 is 1.21 bits per heavy atom. The van der Waals surface area contributed by atoms with Gasteiger partial charge in [-0.15, -0.1) is 11.3 Å². The van der Waals surface area contributed by atoms with E-state index < -0.39 is 10.0 Å². The van der Waals surface area contributed by atoms with Gasteiger partial charge in [-0.25, -0.2) is 28.4 Å². The molecule has 1 atom stereocenters. The van der Waals surface area contributed by atoms with E-state index in [9.17, 15) is 13.2 Å². The van der Waals surface area contributed by atoms with Gasteiger partial charge >= 0.3 is 0 Å². The molecule has 1 amide bonds. The first kappa shape index (κ1) is 22.6. The third-order valence-electron chi connectivity index (χ3n) is 5.57. The molecule has 0 aromatic carbocycles. The van der Waals surface area contributed by atoms with Crippen LogP contribution in [0.15, 0.2) is 30.9 Å². The lowest BCUT2D eigenvalue weighted by Gasteiger charge is -2.23. The summed E-state index contributed by atoms with van der Waals surface area (Å²) in [7, 11) is -3.47. The quantitative estimate of drug-likeness (QED) is 0.493. The largest absolute Gasteiger partial charge is 0.477 e. The van der Waals surface area contributed by atoms with E-state index >= 15 is 0 Å². The van der Waals surface area contributed by atoms with Crippen LogP contribution in [-0.4, -0.2) is 62.5 Å². The number of sulfonamides is 1. The topological polar surface area (TPSA) is 140 Å². The lowest BCUT2D eigenvalue weighted by atomic mass is 10.1. The maximum Gasteiger partial charge on any atom is 0.266 e. The number of thiazole rings is 1. The molecule has 2 aliphatic rings. The summed E-state index contributed by atoms with van der Waals surface area (Å²) >= 11 is 1.24. The fraction of sp³-hybridized carbons (Fsp3) is 0.429. The zero-order valence-corrected chi connectivity index (χ0v) is 20.0. The SMILES string of the molecule is CCOc1cncc(-c2ncc(C(=O)N3CCCC3c3ccnc(NS(=O)(=O)C4CC4)n3)s2)n1. The lowest BCUT2D eigenvalue weighted by molar-refractivity contribution is 0.0737. The van der Waals surface area contributed by atoms with Gasteiger partial charge < -0.3 is 9.64 Å². The van der Waals surface area contributed by atoms with Crippen LogP contribution < -0.4 is 9.46 Å². The Hall–Kier alpha value is -3.19. The predicted molar refractivity (Wildman–Crippen MR) is 125 cm³/mol. The van der Waals surface area contributed by atoms with Crippen molar-refractivity contribution in [3.05, 3.63) is 41.4 Å². The highest BCUT2D eigenvalue weighted by molar-refractivity contribution is 7.93. The molecule has 13 heteroatoms. The third-order valence-corrected chi connectivity index (χ3v) is 8.39. The molecule has 178 valence electrons. The van der Waals surface area contributed by atoms with Gasteiger partial charge in [0.25, 0.3) is 5.91 Å². The van der Waals surface area contributed by atoms with Crippen LogP contribution in [-0.2, 0) is 10.0 Å². The number of likely N-dealkylation sites (tertiary alicyclic amines) is 1. The Bertz CT molecular complexity index is 1310. The molecule has 1 N–H and O–H groups in total. The minimum Gasteiger partial charge on any atom is -0.477 e. The number of amides is 1. The van der Waals surface area contributed by atoms with E-state index in [1.807, 2.05) is 6.92 Å². The van der Waals surface area contributed by atoms with Crippen molar-refractivity contribution in [2.45, 2.75) is 43.9 Å². The number of hydrogen-bond acceptors (Lipinski definition) is 10. The molecule has 1 saturated heterocycles. The molecule has 1 unspecified atom stereocenters. The highest BCUT2D eigenvalue weighted by Gasteiger charge is 2.37. The van der Waals surface area contributed by atoms with Crippen molar-refractivity contribution < 1.29 is 17.9 Å². The number of anilines is 1. The number of carbonyl (C=O) groups is 1. The molecule has 5 rings (SSSR count). The van der Waals surface area contributed by atoms with Crippen molar-refractivity contribution in [3.63, 3.8) is 0 Å². The third kappa shape index (κ3) is 4.71. The first-order valence-corrected chi connectivity index (χ1v) is 13.4. The van der Waals surface area contributed by atoms with Crippen LogP contribution in [0.1, 0.15) is 54.0 Å². The summed E-state index contributed by atoms with van der Waals surface area (Å²) in [6.07, 6.45) is 9.02. The van der Waals surface area contributed by atoms with E-state index in [1.165, 1.54) is 23.7 Å². The van der Waals surface area contributed by atoms with Crippen LogP contribution in [0.4, 0.5) is 5.95 Å². The smallest absolute Gasteiger partial charge is 0.266 e. The van der Waals surface area contributed by atoms with Gasteiger partial charge in [0, 0.05) is 12.7 Å². The predicted octanol–water partition coefficient (Wildman–Crippen LogP) is 2.67. The Morgan fingerprint density at radius 3 is 2.85 bits per heavy atom. The molecule has 34 heavy (non-hydrogen) atoms. The van der Waals surface area contributed by atoms with Gasteiger partial charge in [0.1, 0.15) is 15.6 Å². The van der Waals surface area contributed by atoms with E-state index in [1.54, 1.807) is 23.4 Å². The van der Waals surface area contributed by atoms with Gasteiger partial charge in [-0.05, 0) is 38.7 Å². The molecule has 4 heterocycles. The van der Waals surface area contributed by atoms with Gasteiger partial charge in [-0.1, -0.05) is 0 Å². The van der Waals surface area contributed by atoms with E-state index in [2.05, 4.69) is 29.6 Å². The summed E-state index contributed by atoms with van der Waals surface area (Å²) in [5.41, 5.74) is 1.14. The van der Waals surface area contributed by atoms with Gasteiger partial charge in [0.15, 0.2) is 0 Å². The zero-order valence-electron chi connectivity index (χ0n) is 18.4. The minimum atomic E-state index is -3.47. The van der Waals surface area contributed by atoms with Crippen molar-refractivity contribution in [1.82, 2.24) is 29.8 Å². The highest BCUT2D eigenvalue weighted by atomic mass is 32.2. The maximum atomic E-state index is 13.3. The number of nitrogens with one attached hydrogen (secondary N) is 1. The fourth-order valence-corrected chi connectivity index (χ4v) is 5.92. The van der Waals surface area contributed by atoms with E-state index in [4.69, 9.17) is 4.74 Å². The lowest BCUT2D eigenvalue weighted by Crippen LogP contribution is -2.30. The van der Waals surface area contributed by atoms with Crippen LogP contribution in [0.2, 0.25) is 0 Å². The Balaban J connectivity index is 1.34. The van der Waals surface area contributed by atoms with E-state index in [0.717, 1.165) is 12.8 Å². The highest BCUT2D eigenvalue weighted by Crippen LogP contribution is 2.35. The molecule has 11 nitrogen and oxygen atoms in total. The minimum absolute atomic E-state index is 0.0385. The van der Waals surface area contributed by atoms with Crippen molar-refractivity contribution in [2.24, 2.45) is 0 Å². The number of nitrogens with zero attached hydrogens (tertiary/aromatic N) is 6. The summed E-state index contributed by atoms with van der Waals surface area (Å²) in [6.45, 7) is 2.91. The molecule has 0 radical (unpaired) electrons. The zero-order chi connectivity index (χ0) is 23.7. The van der Waals surface area contributed by atoms with Crippen molar-refractivity contribution in [2.75, 3.05) is 17.9 Å². The molecular formula is C21H23N7O4S2. The monoisotopic (exact) mass is 501 g/mol. The van der Waals surface area contributed by atoms with Crippen molar-refractivity contribution in [3.8, 4) is 16.6 Å². The van der Waals surface area contributed by atoms with Crippen LogP contribution in [0.25, 0.3) is 10.7 Å². The van der Waals surface area contributed by atoms with Gasteiger partial charge in [0.05, 0.1) is 42.2 Å². The Kier molecular flexibility index (Phi) is 6.13. The Labute approximate surface area is 200 Å². The summed E-state index contributed by atoms with van der Waals surface area (Å²) in [6, 6.07) is 1.45. The summed E-state index contributed by atoms with van der Waals surface area (Å²) < 4.78 is 32.4. The van der Waals surface area contributed by atoms with E-state index in [-0.39, 0.29) is 23.1 Å². The second-order valence-electron chi connectivity index (χ2n) is 8.01. The van der Waals surface area contributed by atoms with Crippen LogP contribution in [0.5, 0.6) is 5.88 Å². The first-order valence-electron chi connectivity index (χ1n) is 11.0. The standard InChI is InChI=1S/C21H23N7O4S2/c1-2-32-18-12-22-10-15(25-18)19-24-11-17(33-19)20(29)28-9-3-4-16(28)14-7-8-23-21(26-14)27-34(30,31)13-5-6-13/h7-8,10-13,16H,2-6,9H2,1H3,(H,23,26,27). The van der Waals surface area contributed by atoms with E-state index in [0.29, 0.717) is 53.1 Å². The second-order valence-corrected chi connectivity index (χ2v) is 11.0. The average Bonchev–Trinajstić information content (AvgIpc) is 3.39. The molecule has 1 aliphatic heterocycles. The van der Waals surface area contributed by atoms with Crippen molar-refractivity contribution >= 4 is 33.2 Å².